The van der Waals surface area contributed by atoms with Crippen molar-refractivity contribution in [1.29, 1.82) is 0 Å². The van der Waals surface area contributed by atoms with Crippen LogP contribution in [0.2, 0.25) is 0 Å². The first-order chi connectivity index (χ1) is 9.81. The fourth-order valence-corrected chi connectivity index (χ4v) is 2.98. The molecule has 104 valence electrons. The van der Waals surface area contributed by atoms with Gasteiger partial charge in [0.05, 0.1) is 6.42 Å². The number of hydrogen-bond donors (Lipinski definition) is 1. The van der Waals surface area contributed by atoms with Gasteiger partial charge >= 0.3 is 0 Å². The number of nitrogens with one attached hydrogen (secondary N) is 1. The van der Waals surface area contributed by atoms with Gasteiger partial charge in [0.15, 0.2) is 0 Å². The minimum atomic E-state index is -0.0776. The number of anilines is 1. The van der Waals surface area contributed by atoms with Gasteiger partial charge in [-0.2, -0.15) is 0 Å². The third kappa shape index (κ3) is 3.20. The van der Waals surface area contributed by atoms with Crippen molar-refractivity contribution in [2.24, 2.45) is 0 Å². The first kappa shape index (κ1) is 13.2. The molecule has 1 saturated heterocycles. The summed E-state index contributed by atoms with van der Waals surface area (Å²) in [4.78, 5) is 11.9. The van der Waals surface area contributed by atoms with Crippen LogP contribution < -0.4 is 5.32 Å². The Bertz CT molecular complexity index is 579. The molecule has 0 bridgehead atoms. The van der Waals surface area contributed by atoms with E-state index in [9.17, 15) is 4.79 Å². The predicted octanol–water partition coefficient (Wildman–Crippen LogP) is 2.57. The maximum atomic E-state index is 11.9. The normalized spacial score (nSPS) is 18.1. The van der Waals surface area contributed by atoms with Crippen LogP contribution in [0, 0.1) is 0 Å². The Morgan fingerprint density at radius 2 is 2.20 bits per heavy atom. The molecule has 1 N–H and O–H groups in total. The molecule has 1 atom stereocenters. The Morgan fingerprint density at radius 1 is 1.35 bits per heavy atom. The molecule has 1 aromatic carbocycles. The Kier molecular flexibility index (Phi) is 4.03. The van der Waals surface area contributed by atoms with Gasteiger partial charge in [0, 0.05) is 6.61 Å². The van der Waals surface area contributed by atoms with E-state index < -0.39 is 0 Å². The van der Waals surface area contributed by atoms with E-state index in [1.54, 1.807) is 0 Å². The fourth-order valence-electron chi connectivity index (χ4n) is 2.13. The van der Waals surface area contributed by atoms with E-state index in [0.29, 0.717) is 11.6 Å². The topological polar surface area (TPSA) is 64.1 Å². The number of carbonyl (C=O) groups is 1. The Hall–Kier alpha value is -1.79. The summed E-state index contributed by atoms with van der Waals surface area (Å²) in [7, 11) is 0. The van der Waals surface area contributed by atoms with Gasteiger partial charge in [0.25, 0.3) is 0 Å². The maximum absolute atomic E-state index is 11.9. The van der Waals surface area contributed by atoms with E-state index in [-0.39, 0.29) is 12.0 Å². The van der Waals surface area contributed by atoms with Gasteiger partial charge < -0.3 is 10.1 Å². The number of carbonyl (C=O) groups excluding carboxylic acids is 1. The molecule has 0 spiro atoms. The van der Waals surface area contributed by atoms with Crippen LogP contribution in [0.15, 0.2) is 30.3 Å². The molecule has 0 unspecified atom stereocenters. The molecule has 5 nitrogen and oxygen atoms in total. The third-order valence-corrected chi connectivity index (χ3v) is 4.03. The molecule has 2 heterocycles. The lowest BCUT2D eigenvalue weighted by Crippen LogP contribution is -2.14. The van der Waals surface area contributed by atoms with Gasteiger partial charge in [-0.1, -0.05) is 41.7 Å². The molecule has 0 aliphatic carbocycles. The SMILES string of the molecule is O=C(Cc1ccccc1)Nc1nnc([C@@H]2CCCO2)s1. The molecule has 1 aliphatic rings. The molecule has 3 rings (SSSR count). The van der Waals surface area contributed by atoms with Crippen molar-refractivity contribution in [3.8, 4) is 0 Å². The van der Waals surface area contributed by atoms with Gasteiger partial charge in [-0.05, 0) is 18.4 Å². The zero-order valence-electron chi connectivity index (χ0n) is 10.9. The van der Waals surface area contributed by atoms with Crippen LogP contribution in [-0.2, 0) is 16.0 Å². The van der Waals surface area contributed by atoms with E-state index in [4.69, 9.17) is 4.74 Å². The minimum absolute atomic E-state index is 0.0484. The summed E-state index contributed by atoms with van der Waals surface area (Å²) in [6.45, 7) is 0.778. The molecular formula is C14H15N3O2S. The predicted molar refractivity (Wildman–Crippen MR) is 76.6 cm³/mol. The Balaban J connectivity index is 1.59. The highest BCUT2D eigenvalue weighted by molar-refractivity contribution is 7.15. The molecule has 20 heavy (non-hydrogen) atoms. The number of hydrogen-bond acceptors (Lipinski definition) is 5. The van der Waals surface area contributed by atoms with Crippen LogP contribution in [0.1, 0.15) is 29.5 Å². The van der Waals surface area contributed by atoms with E-state index >= 15 is 0 Å². The van der Waals surface area contributed by atoms with Crippen LogP contribution in [0.5, 0.6) is 0 Å². The number of amides is 1. The van der Waals surface area contributed by atoms with Crippen LogP contribution >= 0.6 is 11.3 Å². The standard InChI is InChI=1S/C14H15N3O2S/c18-12(9-10-5-2-1-3-6-10)15-14-17-16-13(20-14)11-7-4-8-19-11/h1-3,5-6,11H,4,7-9H2,(H,15,17,18)/t11-/m0/s1. The Labute approximate surface area is 121 Å². The van der Waals surface area contributed by atoms with Crippen molar-refractivity contribution in [3.63, 3.8) is 0 Å². The van der Waals surface area contributed by atoms with Gasteiger partial charge in [0.2, 0.25) is 11.0 Å². The monoisotopic (exact) mass is 289 g/mol. The van der Waals surface area contributed by atoms with Crippen LogP contribution in [-0.4, -0.2) is 22.7 Å². The molecule has 0 radical (unpaired) electrons. The summed E-state index contributed by atoms with van der Waals surface area (Å²) < 4.78 is 5.55. The first-order valence-corrected chi connectivity index (χ1v) is 7.42. The lowest BCUT2D eigenvalue weighted by Gasteiger charge is -2.02. The first-order valence-electron chi connectivity index (χ1n) is 6.60. The maximum Gasteiger partial charge on any atom is 0.230 e. The van der Waals surface area contributed by atoms with Crippen molar-refractivity contribution in [2.45, 2.75) is 25.4 Å². The summed E-state index contributed by atoms with van der Waals surface area (Å²) in [6.07, 6.45) is 2.43. The summed E-state index contributed by atoms with van der Waals surface area (Å²) >= 11 is 1.39. The van der Waals surface area contributed by atoms with Crippen molar-refractivity contribution < 1.29 is 9.53 Å². The number of benzene rings is 1. The second-order valence-electron chi connectivity index (χ2n) is 4.66. The quantitative estimate of drug-likeness (QED) is 0.939. The molecule has 0 saturated carbocycles. The number of rotatable bonds is 4. The van der Waals surface area contributed by atoms with Crippen molar-refractivity contribution in [3.05, 3.63) is 40.9 Å². The highest BCUT2D eigenvalue weighted by Gasteiger charge is 2.22. The lowest BCUT2D eigenvalue weighted by atomic mass is 10.1. The van der Waals surface area contributed by atoms with Crippen molar-refractivity contribution in [2.75, 3.05) is 11.9 Å². The molecule has 6 heteroatoms. The average Bonchev–Trinajstić information content (AvgIpc) is 3.10. The van der Waals surface area contributed by atoms with Crippen LogP contribution in [0.4, 0.5) is 5.13 Å². The lowest BCUT2D eigenvalue weighted by molar-refractivity contribution is -0.115. The minimum Gasteiger partial charge on any atom is -0.371 e. The average molecular weight is 289 g/mol. The van der Waals surface area contributed by atoms with Gasteiger partial charge in [-0.25, -0.2) is 0 Å². The smallest absolute Gasteiger partial charge is 0.230 e. The third-order valence-electron chi connectivity index (χ3n) is 3.10. The zero-order chi connectivity index (χ0) is 13.8. The summed E-state index contributed by atoms with van der Waals surface area (Å²) in [5.74, 6) is -0.0776. The van der Waals surface area contributed by atoms with Crippen LogP contribution in [0.3, 0.4) is 0 Å². The molecule has 1 amide bonds. The number of ether oxygens (including phenoxy) is 1. The second kappa shape index (κ2) is 6.11. The summed E-state index contributed by atoms with van der Waals surface area (Å²) in [6, 6.07) is 9.63. The van der Waals surface area contributed by atoms with Crippen LogP contribution in [0.25, 0.3) is 0 Å². The van der Waals surface area contributed by atoms with Gasteiger partial charge in [-0.3, -0.25) is 4.79 Å². The summed E-state index contributed by atoms with van der Waals surface area (Å²) in [5, 5.41) is 12.3. The van der Waals surface area contributed by atoms with E-state index in [1.807, 2.05) is 30.3 Å². The van der Waals surface area contributed by atoms with E-state index in [2.05, 4.69) is 15.5 Å². The number of aromatic nitrogens is 2. The van der Waals surface area contributed by atoms with Crippen molar-refractivity contribution in [1.82, 2.24) is 10.2 Å². The Morgan fingerprint density at radius 3 is 2.95 bits per heavy atom. The molecule has 1 aliphatic heterocycles. The molecule has 1 fully saturated rings. The molecular weight excluding hydrogens is 274 g/mol. The highest BCUT2D eigenvalue weighted by Crippen LogP contribution is 2.31. The summed E-state index contributed by atoms with van der Waals surface area (Å²) in [5.41, 5.74) is 0.980. The van der Waals surface area contributed by atoms with E-state index in [0.717, 1.165) is 30.0 Å². The zero-order valence-corrected chi connectivity index (χ0v) is 11.7. The largest absolute Gasteiger partial charge is 0.371 e. The van der Waals surface area contributed by atoms with Crippen molar-refractivity contribution >= 4 is 22.4 Å². The molecule has 2 aromatic rings. The van der Waals surface area contributed by atoms with Gasteiger partial charge in [-0.15, -0.1) is 10.2 Å². The fraction of sp³-hybridized carbons (Fsp3) is 0.357. The van der Waals surface area contributed by atoms with E-state index in [1.165, 1.54) is 11.3 Å². The molecule has 1 aromatic heterocycles. The highest BCUT2D eigenvalue weighted by atomic mass is 32.1. The van der Waals surface area contributed by atoms with Gasteiger partial charge in [0.1, 0.15) is 11.1 Å². The number of nitrogens with zero attached hydrogens (tertiary/aromatic N) is 2. The second-order valence-corrected chi connectivity index (χ2v) is 5.67.